The van der Waals surface area contributed by atoms with E-state index in [1.807, 2.05) is 58.0 Å². The average molecular weight is 280 g/mol. The fourth-order valence-corrected chi connectivity index (χ4v) is 2.09. The third-order valence-corrected chi connectivity index (χ3v) is 3.86. The first kappa shape index (κ1) is 15.0. The molecule has 0 aliphatic heterocycles. The van der Waals surface area contributed by atoms with Crippen LogP contribution in [0.4, 0.5) is 0 Å². The molecule has 2 aromatic rings. The van der Waals surface area contributed by atoms with Crippen LogP contribution in [-0.2, 0) is 0 Å². The second-order valence-electron chi connectivity index (χ2n) is 5.49. The standard InChI is InChI=1S/C19H20O2/c1-12-5-7-16(9-14(12)3)18(20)11-19(21)17-8-6-13(2)15(4)10-17/h5-11,20H,1-4H3. The zero-order valence-corrected chi connectivity index (χ0v) is 12.9. The second-order valence-corrected chi connectivity index (χ2v) is 5.49. The van der Waals surface area contributed by atoms with Gasteiger partial charge in [-0.3, -0.25) is 4.79 Å². The zero-order chi connectivity index (χ0) is 15.6. The van der Waals surface area contributed by atoms with Crippen LogP contribution in [0.1, 0.15) is 38.2 Å². The Morgan fingerprint density at radius 3 is 1.81 bits per heavy atom. The molecule has 2 heteroatoms. The molecule has 0 spiro atoms. The summed E-state index contributed by atoms with van der Waals surface area (Å²) in [5.41, 5.74) is 5.72. The van der Waals surface area contributed by atoms with Crippen LogP contribution in [0.15, 0.2) is 42.5 Å². The highest BCUT2D eigenvalue weighted by atomic mass is 16.3. The van der Waals surface area contributed by atoms with Crippen molar-refractivity contribution in [3.8, 4) is 0 Å². The van der Waals surface area contributed by atoms with Gasteiger partial charge >= 0.3 is 0 Å². The van der Waals surface area contributed by atoms with E-state index in [-0.39, 0.29) is 11.5 Å². The molecule has 0 saturated carbocycles. The Hall–Kier alpha value is -2.35. The van der Waals surface area contributed by atoms with E-state index in [4.69, 9.17) is 0 Å². The van der Waals surface area contributed by atoms with Crippen LogP contribution in [0.3, 0.4) is 0 Å². The first-order valence-electron chi connectivity index (χ1n) is 6.98. The topological polar surface area (TPSA) is 37.3 Å². The molecule has 0 fully saturated rings. The van der Waals surface area contributed by atoms with E-state index in [1.165, 1.54) is 6.08 Å². The number of rotatable bonds is 3. The Balaban J connectivity index is 2.30. The van der Waals surface area contributed by atoms with Crippen molar-refractivity contribution in [2.45, 2.75) is 27.7 Å². The molecule has 0 aliphatic rings. The van der Waals surface area contributed by atoms with Gasteiger partial charge in [0.2, 0.25) is 0 Å². The SMILES string of the molecule is Cc1ccc(C(=O)C=C(O)c2ccc(C)c(C)c2)cc1C. The third kappa shape index (κ3) is 3.40. The first-order chi connectivity index (χ1) is 9.88. The minimum Gasteiger partial charge on any atom is -0.507 e. The number of ketones is 1. The molecule has 0 radical (unpaired) electrons. The van der Waals surface area contributed by atoms with Crippen molar-refractivity contribution in [1.82, 2.24) is 0 Å². The van der Waals surface area contributed by atoms with Crippen LogP contribution in [0.25, 0.3) is 5.76 Å². The molecule has 0 bridgehead atoms. The van der Waals surface area contributed by atoms with E-state index < -0.39 is 0 Å². The number of aliphatic hydroxyl groups is 1. The zero-order valence-electron chi connectivity index (χ0n) is 12.9. The third-order valence-electron chi connectivity index (χ3n) is 3.86. The maximum absolute atomic E-state index is 12.2. The molecular weight excluding hydrogens is 260 g/mol. The lowest BCUT2D eigenvalue weighted by molar-refractivity contribution is 0.104. The molecule has 0 amide bonds. The molecule has 1 N–H and O–H groups in total. The van der Waals surface area contributed by atoms with E-state index >= 15 is 0 Å². The Bertz CT molecular complexity index is 724. The summed E-state index contributed by atoms with van der Waals surface area (Å²) < 4.78 is 0. The van der Waals surface area contributed by atoms with Crippen LogP contribution in [0, 0.1) is 27.7 Å². The van der Waals surface area contributed by atoms with Gasteiger partial charge in [-0.25, -0.2) is 0 Å². The molecular formula is C19H20O2. The maximum Gasteiger partial charge on any atom is 0.189 e. The van der Waals surface area contributed by atoms with Crippen LogP contribution >= 0.6 is 0 Å². The minimum atomic E-state index is -0.186. The Kier molecular flexibility index (Phi) is 4.27. The van der Waals surface area contributed by atoms with Crippen molar-refractivity contribution >= 4 is 11.5 Å². The number of carbonyl (C=O) groups excluding carboxylic acids is 1. The van der Waals surface area contributed by atoms with Gasteiger partial charge in [-0.1, -0.05) is 24.3 Å². The van der Waals surface area contributed by atoms with E-state index in [1.54, 1.807) is 6.07 Å². The molecule has 0 unspecified atom stereocenters. The number of hydrogen-bond acceptors (Lipinski definition) is 2. The van der Waals surface area contributed by atoms with Gasteiger partial charge in [0.05, 0.1) is 0 Å². The highest BCUT2D eigenvalue weighted by Gasteiger charge is 2.08. The van der Waals surface area contributed by atoms with E-state index in [0.29, 0.717) is 11.1 Å². The van der Waals surface area contributed by atoms with E-state index in [0.717, 1.165) is 22.3 Å². The van der Waals surface area contributed by atoms with Crippen LogP contribution < -0.4 is 0 Å². The molecule has 2 aromatic carbocycles. The van der Waals surface area contributed by atoms with Crippen molar-refractivity contribution in [3.05, 3.63) is 75.9 Å². The van der Waals surface area contributed by atoms with Gasteiger partial charge in [-0.05, 0) is 62.1 Å². The average Bonchev–Trinajstić information content (AvgIpc) is 2.44. The monoisotopic (exact) mass is 280 g/mol. The normalized spacial score (nSPS) is 11.5. The van der Waals surface area contributed by atoms with E-state index in [9.17, 15) is 9.90 Å². The predicted molar refractivity (Wildman–Crippen MR) is 86.8 cm³/mol. The van der Waals surface area contributed by atoms with Gasteiger partial charge in [0.15, 0.2) is 5.78 Å². The summed E-state index contributed by atoms with van der Waals surface area (Å²) in [5.74, 6) is -0.185. The van der Waals surface area contributed by atoms with Crippen LogP contribution in [0.5, 0.6) is 0 Å². The van der Waals surface area contributed by atoms with Crippen LogP contribution in [-0.4, -0.2) is 10.9 Å². The second kappa shape index (κ2) is 5.96. The Labute approximate surface area is 125 Å². The van der Waals surface area contributed by atoms with Gasteiger partial charge in [0.25, 0.3) is 0 Å². The van der Waals surface area contributed by atoms with Gasteiger partial charge < -0.3 is 5.11 Å². The molecule has 0 aliphatic carbocycles. The summed E-state index contributed by atoms with van der Waals surface area (Å²) >= 11 is 0. The molecule has 108 valence electrons. The highest BCUT2D eigenvalue weighted by molar-refractivity contribution is 6.07. The fourth-order valence-electron chi connectivity index (χ4n) is 2.09. The summed E-state index contributed by atoms with van der Waals surface area (Å²) in [6, 6.07) is 11.2. The van der Waals surface area contributed by atoms with Gasteiger partial charge in [0, 0.05) is 17.2 Å². The molecule has 0 atom stereocenters. The summed E-state index contributed by atoms with van der Waals surface area (Å²) in [7, 11) is 0. The van der Waals surface area contributed by atoms with Crippen molar-refractivity contribution < 1.29 is 9.90 Å². The minimum absolute atomic E-state index is 0.00123. The number of aliphatic hydroxyl groups excluding tert-OH is 1. The highest BCUT2D eigenvalue weighted by Crippen LogP contribution is 2.18. The number of hydrogen-bond donors (Lipinski definition) is 1. The fraction of sp³-hybridized carbons (Fsp3) is 0.211. The summed E-state index contributed by atoms with van der Waals surface area (Å²) in [5, 5.41) is 10.1. The lowest BCUT2D eigenvalue weighted by atomic mass is 10.0. The molecule has 0 saturated heterocycles. The van der Waals surface area contributed by atoms with Gasteiger partial charge in [-0.15, -0.1) is 0 Å². The van der Waals surface area contributed by atoms with Crippen molar-refractivity contribution in [1.29, 1.82) is 0 Å². The number of carbonyl (C=O) groups is 1. The number of aryl methyl sites for hydroxylation is 4. The Morgan fingerprint density at radius 1 is 0.810 bits per heavy atom. The molecule has 21 heavy (non-hydrogen) atoms. The quantitative estimate of drug-likeness (QED) is 0.502. The van der Waals surface area contributed by atoms with Gasteiger partial charge in [0.1, 0.15) is 5.76 Å². The smallest absolute Gasteiger partial charge is 0.189 e. The summed E-state index contributed by atoms with van der Waals surface area (Å²) in [4.78, 5) is 12.2. The number of allylic oxidation sites excluding steroid dienone is 1. The van der Waals surface area contributed by atoms with Crippen LogP contribution in [0.2, 0.25) is 0 Å². The van der Waals surface area contributed by atoms with Gasteiger partial charge in [-0.2, -0.15) is 0 Å². The lowest BCUT2D eigenvalue weighted by Crippen LogP contribution is -1.98. The molecule has 2 nitrogen and oxygen atoms in total. The lowest BCUT2D eigenvalue weighted by Gasteiger charge is -2.05. The summed E-state index contributed by atoms with van der Waals surface area (Å²) in [6.07, 6.45) is 1.29. The molecule has 0 aromatic heterocycles. The Morgan fingerprint density at radius 2 is 1.29 bits per heavy atom. The largest absolute Gasteiger partial charge is 0.507 e. The maximum atomic E-state index is 12.2. The van der Waals surface area contributed by atoms with Crippen molar-refractivity contribution in [3.63, 3.8) is 0 Å². The predicted octanol–water partition coefficient (Wildman–Crippen LogP) is 4.70. The molecule has 0 heterocycles. The first-order valence-corrected chi connectivity index (χ1v) is 6.98. The van der Waals surface area contributed by atoms with E-state index in [2.05, 4.69) is 0 Å². The van der Waals surface area contributed by atoms with Crippen molar-refractivity contribution in [2.24, 2.45) is 0 Å². The van der Waals surface area contributed by atoms with Crippen molar-refractivity contribution in [2.75, 3.05) is 0 Å². The number of benzene rings is 2. The molecule has 2 rings (SSSR count). The summed E-state index contributed by atoms with van der Waals surface area (Å²) in [6.45, 7) is 7.97.